The molecule has 2 aromatic rings. The molecule has 0 aliphatic carbocycles. The number of halogens is 1. The summed E-state index contributed by atoms with van der Waals surface area (Å²) in [6.07, 6.45) is 4.12. The molecule has 1 aromatic carbocycles. The van der Waals surface area contributed by atoms with Crippen molar-refractivity contribution in [1.29, 1.82) is 0 Å². The van der Waals surface area contributed by atoms with Crippen LogP contribution in [-0.4, -0.2) is 71.3 Å². The molecule has 2 rings (SSSR count). The predicted molar refractivity (Wildman–Crippen MR) is 114 cm³/mol. The number of nitrogens with one attached hydrogen (secondary N) is 2. The van der Waals surface area contributed by atoms with Gasteiger partial charge in [0.05, 0.1) is 25.4 Å². The molecule has 0 aliphatic heterocycles. The molecule has 0 bridgehead atoms. The van der Waals surface area contributed by atoms with Gasteiger partial charge in [0, 0.05) is 30.9 Å². The van der Waals surface area contributed by atoms with Crippen molar-refractivity contribution in [2.75, 3.05) is 20.3 Å². The van der Waals surface area contributed by atoms with Crippen molar-refractivity contribution in [3.63, 3.8) is 0 Å². The summed E-state index contributed by atoms with van der Waals surface area (Å²) in [5.41, 5.74) is 0.853. The van der Waals surface area contributed by atoms with Gasteiger partial charge in [-0.3, -0.25) is 14.6 Å². The highest BCUT2D eigenvalue weighted by atomic mass is 35.5. The number of rotatable bonds is 11. The number of nitrogens with zero attached hydrogens (tertiary/aromatic N) is 2. The first kappa shape index (κ1) is 24.5. The summed E-state index contributed by atoms with van der Waals surface area (Å²) in [6, 6.07) is 4.04. The zero-order valence-corrected chi connectivity index (χ0v) is 17.9. The maximum Gasteiger partial charge on any atom is 0.475 e. The Bertz CT molecular complexity index is 874. The zero-order chi connectivity index (χ0) is 22.8. The Morgan fingerprint density at radius 3 is 2.65 bits per heavy atom. The van der Waals surface area contributed by atoms with E-state index in [4.69, 9.17) is 21.1 Å². The normalized spacial score (nSPS) is 12.5. The fourth-order valence-electron chi connectivity index (χ4n) is 2.65. The maximum atomic E-state index is 12.6. The molecule has 2 atom stereocenters. The number of ether oxygens (including phenoxy) is 2. The fraction of sp³-hybridized carbons (Fsp3) is 0.368. The largest absolute Gasteiger partial charge is 0.493 e. The predicted octanol–water partition coefficient (Wildman–Crippen LogP) is 0.149. The van der Waals surface area contributed by atoms with Crippen molar-refractivity contribution in [3.8, 4) is 5.75 Å². The van der Waals surface area contributed by atoms with Crippen molar-refractivity contribution >= 4 is 30.5 Å². The van der Waals surface area contributed by atoms with Crippen LogP contribution in [0.15, 0.2) is 36.8 Å². The topological polar surface area (TPSA) is 143 Å². The van der Waals surface area contributed by atoms with Crippen LogP contribution in [-0.2, 0) is 9.53 Å². The molecule has 2 unspecified atom stereocenters. The molecular formula is C19H24BClN4O6. The molecule has 31 heavy (non-hydrogen) atoms. The summed E-state index contributed by atoms with van der Waals surface area (Å²) < 4.78 is 10.6. The quantitative estimate of drug-likeness (QED) is 0.354. The minimum atomic E-state index is -1.84. The Morgan fingerprint density at radius 2 is 2.03 bits per heavy atom. The monoisotopic (exact) mass is 450 g/mol. The van der Waals surface area contributed by atoms with Gasteiger partial charge in [-0.15, -0.1) is 0 Å². The van der Waals surface area contributed by atoms with E-state index in [1.807, 2.05) is 6.92 Å². The summed E-state index contributed by atoms with van der Waals surface area (Å²) in [5, 5.41) is 24.9. The van der Waals surface area contributed by atoms with Crippen molar-refractivity contribution in [2.24, 2.45) is 0 Å². The van der Waals surface area contributed by atoms with Gasteiger partial charge in [-0.05, 0) is 30.7 Å². The zero-order valence-electron chi connectivity index (χ0n) is 17.1. The van der Waals surface area contributed by atoms with Gasteiger partial charge >= 0.3 is 7.12 Å². The van der Waals surface area contributed by atoms with Gasteiger partial charge in [-0.2, -0.15) is 0 Å². The van der Waals surface area contributed by atoms with Gasteiger partial charge in [0.1, 0.15) is 17.5 Å². The number of hydrogen-bond acceptors (Lipinski definition) is 8. The molecule has 0 spiro atoms. The molecule has 0 saturated heterocycles. The van der Waals surface area contributed by atoms with Gasteiger partial charge in [0.15, 0.2) is 0 Å². The third-order valence-electron chi connectivity index (χ3n) is 4.26. The highest BCUT2D eigenvalue weighted by Gasteiger charge is 2.29. The molecule has 166 valence electrons. The van der Waals surface area contributed by atoms with Crippen LogP contribution >= 0.6 is 11.6 Å². The summed E-state index contributed by atoms with van der Waals surface area (Å²) in [5.74, 6) is -1.71. The number of aromatic nitrogens is 2. The number of benzene rings is 1. The minimum absolute atomic E-state index is 0.0295. The van der Waals surface area contributed by atoms with Crippen LogP contribution in [0.4, 0.5) is 0 Å². The molecule has 0 aliphatic rings. The van der Waals surface area contributed by atoms with Crippen molar-refractivity contribution in [1.82, 2.24) is 20.6 Å². The van der Waals surface area contributed by atoms with E-state index in [0.717, 1.165) is 5.56 Å². The van der Waals surface area contributed by atoms with E-state index in [2.05, 4.69) is 20.6 Å². The first-order valence-electron chi connectivity index (χ1n) is 9.43. The van der Waals surface area contributed by atoms with E-state index in [1.54, 1.807) is 18.2 Å². The molecule has 1 heterocycles. The number of carbonyl (C=O) groups excluding carboxylic acids is 2. The maximum absolute atomic E-state index is 12.6. The molecule has 1 aromatic heterocycles. The van der Waals surface area contributed by atoms with Gasteiger partial charge in [0.2, 0.25) is 5.91 Å². The lowest BCUT2D eigenvalue weighted by atomic mass is 9.77. The molecule has 0 saturated carbocycles. The Kier molecular flexibility index (Phi) is 9.66. The van der Waals surface area contributed by atoms with E-state index >= 15 is 0 Å². The van der Waals surface area contributed by atoms with Crippen molar-refractivity contribution < 1.29 is 29.1 Å². The molecule has 2 amide bonds. The number of aryl methyl sites for hydroxylation is 1. The lowest BCUT2D eigenvalue weighted by Crippen LogP contribution is -2.55. The van der Waals surface area contributed by atoms with Gasteiger partial charge < -0.3 is 30.2 Å². The smallest absolute Gasteiger partial charge is 0.475 e. The van der Waals surface area contributed by atoms with Crippen LogP contribution in [0, 0.1) is 6.92 Å². The first-order chi connectivity index (χ1) is 14.8. The first-order valence-corrected chi connectivity index (χ1v) is 9.81. The number of methoxy groups -OCH3 is 1. The van der Waals surface area contributed by atoms with E-state index in [9.17, 15) is 19.6 Å². The summed E-state index contributed by atoms with van der Waals surface area (Å²) >= 11 is 5.91. The molecular weight excluding hydrogens is 426 g/mol. The van der Waals surface area contributed by atoms with Crippen LogP contribution in [0.3, 0.4) is 0 Å². The average Bonchev–Trinajstić information content (AvgIpc) is 2.74. The summed E-state index contributed by atoms with van der Waals surface area (Å²) in [6.45, 7) is 1.80. The average molecular weight is 451 g/mol. The summed E-state index contributed by atoms with van der Waals surface area (Å²) in [7, 11) is -0.465. The Labute approximate surface area is 185 Å². The Morgan fingerprint density at radius 1 is 1.26 bits per heavy atom. The highest BCUT2D eigenvalue weighted by Crippen LogP contribution is 2.22. The van der Waals surface area contributed by atoms with E-state index in [-0.39, 0.29) is 25.3 Å². The third kappa shape index (κ3) is 7.80. The Hall–Kier alpha value is -2.73. The van der Waals surface area contributed by atoms with Crippen molar-refractivity contribution in [2.45, 2.75) is 25.3 Å². The number of amides is 2. The van der Waals surface area contributed by atoms with E-state index in [1.165, 1.54) is 25.7 Å². The highest BCUT2D eigenvalue weighted by molar-refractivity contribution is 6.43. The van der Waals surface area contributed by atoms with Crippen LogP contribution in [0.1, 0.15) is 22.5 Å². The third-order valence-corrected chi connectivity index (χ3v) is 4.50. The molecule has 12 heteroatoms. The molecule has 10 nitrogen and oxygen atoms in total. The van der Waals surface area contributed by atoms with Crippen LogP contribution in [0.2, 0.25) is 5.02 Å². The second kappa shape index (κ2) is 12.2. The van der Waals surface area contributed by atoms with Crippen LogP contribution in [0.5, 0.6) is 5.75 Å². The SMILES string of the molecule is COCC(NC(=O)c1cnccn1)C(=O)NC(CCOc1ccc(Cl)cc1C)B(O)O. The minimum Gasteiger partial charge on any atom is -0.493 e. The van der Waals surface area contributed by atoms with Crippen LogP contribution in [0.25, 0.3) is 0 Å². The number of carbonyl (C=O) groups is 2. The fourth-order valence-corrected chi connectivity index (χ4v) is 2.87. The number of hydrogen-bond donors (Lipinski definition) is 4. The second-order valence-electron chi connectivity index (χ2n) is 6.65. The van der Waals surface area contributed by atoms with E-state index < -0.39 is 30.9 Å². The van der Waals surface area contributed by atoms with Crippen LogP contribution < -0.4 is 15.4 Å². The standard InChI is InChI=1S/C19H24BClN4O6/c1-12-9-13(21)3-4-16(12)31-8-5-17(20(28)29)25-19(27)15(11-30-2)24-18(26)14-10-22-6-7-23-14/h3-4,6-7,9-10,15,17,28-29H,5,8,11H2,1-2H3,(H,24,26)(H,25,27). The van der Waals surface area contributed by atoms with Gasteiger partial charge in [0.25, 0.3) is 5.91 Å². The van der Waals surface area contributed by atoms with Crippen molar-refractivity contribution in [3.05, 3.63) is 53.1 Å². The lowest BCUT2D eigenvalue weighted by Gasteiger charge is -2.23. The van der Waals surface area contributed by atoms with E-state index in [0.29, 0.717) is 10.8 Å². The molecule has 4 N–H and O–H groups in total. The second-order valence-corrected chi connectivity index (χ2v) is 7.08. The molecule has 0 fully saturated rings. The lowest BCUT2D eigenvalue weighted by molar-refractivity contribution is -0.124. The molecule has 0 radical (unpaired) electrons. The van der Waals surface area contributed by atoms with Gasteiger partial charge in [-0.25, -0.2) is 4.98 Å². The Balaban J connectivity index is 1.95. The summed E-state index contributed by atoms with van der Waals surface area (Å²) in [4.78, 5) is 32.6. The van der Waals surface area contributed by atoms with Gasteiger partial charge in [-0.1, -0.05) is 11.6 Å².